The Kier molecular flexibility index (Phi) is 2.81. The van der Waals surface area contributed by atoms with E-state index in [9.17, 15) is 13.2 Å². The molecule has 1 aromatic rings. The molecule has 4 nitrogen and oxygen atoms in total. The van der Waals surface area contributed by atoms with Gasteiger partial charge in [-0.1, -0.05) is 0 Å². The summed E-state index contributed by atoms with van der Waals surface area (Å²) in [5, 5.41) is 11.9. The van der Waals surface area contributed by atoms with Crippen molar-refractivity contribution in [2.45, 2.75) is 12.2 Å². The van der Waals surface area contributed by atoms with Crippen LogP contribution in [0, 0.1) is 0 Å². The topological polar surface area (TPSA) is 64.1 Å². The van der Waals surface area contributed by atoms with E-state index >= 15 is 0 Å². The van der Waals surface area contributed by atoms with E-state index in [1.54, 1.807) is 0 Å². The van der Waals surface area contributed by atoms with Crippen LogP contribution in [0.4, 0.5) is 13.2 Å². The number of nitrogens with zero attached hydrogens (tertiary/aromatic N) is 2. The molecule has 0 unspecified atom stereocenters. The van der Waals surface area contributed by atoms with Crippen molar-refractivity contribution >= 4 is 0 Å². The first-order valence-corrected chi connectivity index (χ1v) is 3.84. The van der Waals surface area contributed by atoms with Crippen molar-refractivity contribution < 1.29 is 18.3 Å². The third kappa shape index (κ3) is 2.05. The van der Waals surface area contributed by atoms with Gasteiger partial charge in [-0.05, 0) is 6.07 Å². The van der Waals surface area contributed by atoms with Crippen LogP contribution in [-0.4, -0.2) is 21.5 Å². The molecule has 0 amide bonds. The molecule has 0 aliphatic carbocycles. The summed E-state index contributed by atoms with van der Waals surface area (Å²) in [6.45, 7) is -0.420. The molecule has 7 heteroatoms. The summed E-state index contributed by atoms with van der Waals surface area (Å²) in [6, 6.07) is -0.00968. The Bertz CT molecular complexity index is 320. The van der Waals surface area contributed by atoms with Gasteiger partial charge in [-0.25, -0.2) is 0 Å². The first kappa shape index (κ1) is 11.0. The van der Waals surface area contributed by atoms with E-state index in [1.807, 2.05) is 0 Å². The fraction of sp³-hybridized carbons (Fsp3) is 0.571. The average Bonchev–Trinajstić information content (AvgIpc) is 2.45. The highest BCUT2D eigenvalue weighted by Gasteiger charge is 2.35. The Morgan fingerprint density at radius 3 is 2.57 bits per heavy atom. The zero-order chi connectivity index (χ0) is 10.9. The van der Waals surface area contributed by atoms with Crippen LogP contribution in [-0.2, 0) is 13.2 Å². The molecule has 0 bridgehead atoms. The van der Waals surface area contributed by atoms with Crippen molar-refractivity contribution in [1.29, 1.82) is 0 Å². The van der Waals surface area contributed by atoms with Gasteiger partial charge in [-0.2, -0.15) is 18.3 Å². The Morgan fingerprint density at radius 2 is 2.21 bits per heavy atom. The van der Waals surface area contributed by atoms with Crippen molar-refractivity contribution in [3.05, 3.63) is 17.5 Å². The van der Waals surface area contributed by atoms with Crippen LogP contribution in [0.1, 0.15) is 17.4 Å². The van der Waals surface area contributed by atoms with Gasteiger partial charge in [0.2, 0.25) is 0 Å². The summed E-state index contributed by atoms with van der Waals surface area (Å²) in [5.74, 6) is 0. The van der Waals surface area contributed by atoms with Gasteiger partial charge in [0.15, 0.2) is 5.69 Å². The smallest absolute Gasteiger partial charge is 0.394 e. The van der Waals surface area contributed by atoms with Gasteiger partial charge >= 0.3 is 6.18 Å². The van der Waals surface area contributed by atoms with E-state index in [0.717, 1.165) is 10.7 Å². The fourth-order valence-corrected chi connectivity index (χ4v) is 1.06. The molecule has 14 heavy (non-hydrogen) atoms. The Morgan fingerprint density at radius 1 is 1.64 bits per heavy atom. The molecular weight excluding hydrogens is 199 g/mol. The van der Waals surface area contributed by atoms with Gasteiger partial charge in [0.05, 0.1) is 18.3 Å². The number of hydrogen-bond acceptors (Lipinski definition) is 3. The highest BCUT2D eigenvalue weighted by Crippen LogP contribution is 2.29. The lowest BCUT2D eigenvalue weighted by atomic mass is 10.2. The van der Waals surface area contributed by atoms with Gasteiger partial charge in [-0.15, -0.1) is 0 Å². The van der Waals surface area contributed by atoms with E-state index < -0.39 is 24.5 Å². The van der Waals surface area contributed by atoms with E-state index in [0.29, 0.717) is 0 Å². The highest BCUT2D eigenvalue weighted by molar-refractivity contribution is 5.16. The monoisotopic (exact) mass is 209 g/mol. The van der Waals surface area contributed by atoms with Gasteiger partial charge in [0.1, 0.15) is 0 Å². The van der Waals surface area contributed by atoms with Crippen molar-refractivity contribution in [2.75, 3.05) is 6.61 Å². The number of aliphatic hydroxyl groups is 1. The maximum Gasteiger partial charge on any atom is 0.435 e. The molecule has 1 heterocycles. The third-order valence-electron chi connectivity index (χ3n) is 1.78. The number of aryl methyl sites for hydroxylation is 1. The molecule has 0 aliphatic heterocycles. The molecule has 1 aromatic heterocycles. The molecular formula is C7H10F3N3O. The average molecular weight is 209 g/mol. The molecule has 0 saturated heterocycles. The van der Waals surface area contributed by atoms with E-state index in [-0.39, 0.29) is 5.69 Å². The van der Waals surface area contributed by atoms with E-state index in [1.165, 1.54) is 7.05 Å². The highest BCUT2D eigenvalue weighted by atomic mass is 19.4. The zero-order valence-corrected chi connectivity index (χ0v) is 7.41. The molecule has 0 spiro atoms. The molecule has 3 N–H and O–H groups in total. The summed E-state index contributed by atoms with van der Waals surface area (Å²) < 4.78 is 37.5. The van der Waals surface area contributed by atoms with Crippen LogP contribution in [0.3, 0.4) is 0 Å². The zero-order valence-electron chi connectivity index (χ0n) is 7.41. The lowest BCUT2D eigenvalue weighted by Gasteiger charge is -2.06. The third-order valence-corrected chi connectivity index (χ3v) is 1.78. The van der Waals surface area contributed by atoms with Crippen molar-refractivity contribution in [3.8, 4) is 0 Å². The maximum atomic E-state index is 12.2. The summed E-state index contributed by atoms with van der Waals surface area (Å²) in [7, 11) is 1.35. The molecule has 1 atom stereocenters. The number of hydrogen-bond donors (Lipinski definition) is 2. The van der Waals surface area contributed by atoms with Gasteiger partial charge < -0.3 is 10.8 Å². The molecule has 0 radical (unpaired) electrons. The number of nitrogens with two attached hydrogens (primary N) is 1. The minimum absolute atomic E-state index is 0.153. The predicted octanol–water partition coefficient (Wildman–Crippen LogP) is 0.431. The maximum absolute atomic E-state index is 12.2. The lowest BCUT2D eigenvalue weighted by molar-refractivity contribution is -0.141. The molecule has 0 fully saturated rings. The summed E-state index contributed by atoms with van der Waals surface area (Å²) >= 11 is 0. The van der Waals surface area contributed by atoms with Crippen LogP contribution >= 0.6 is 0 Å². The second-order valence-electron chi connectivity index (χ2n) is 2.86. The minimum atomic E-state index is -4.48. The second kappa shape index (κ2) is 3.58. The van der Waals surface area contributed by atoms with Crippen LogP contribution in [0.5, 0.6) is 0 Å². The number of halogens is 3. The van der Waals surface area contributed by atoms with Gasteiger partial charge in [0, 0.05) is 7.05 Å². The fourth-order valence-electron chi connectivity index (χ4n) is 1.06. The number of rotatable bonds is 2. The summed E-state index contributed by atoms with van der Waals surface area (Å²) in [5.41, 5.74) is 4.53. The van der Waals surface area contributed by atoms with Crippen LogP contribution < -0.4 is 5.73 Å². The lowest BCUT2D eigenvalue weighted by Crippen LogP contribution is -2.17. The first-order chi connectivity index (χ1) is 6.36. The Balaban J connectivity index is 3.05. The summed E-state index contributed by atoms with van der Waals surface area (Å²) in [6.07, 6.45) is -4.48. The summed E-state index contributed by atoms with van der Waals surface area (Å²) in [4.78, 5) is 0. The predicted molar refractivity (Wildman–Crippen MR) is 42.2 cm³/mol. The standard InChI is InChI=1S/C7H10F3N3O/c1-13-5(4(11)3-14)2-6(12-13)7(8,9)10/h2,4,14H,3,11H2,1H3/t4-/m0/s1. The quantitative estimate of drug-likeness (QED) is 0.742. The molecule has 0 aliphatic rings. The minimum Gasteiger partial charge on any atom is -0.394 e. The normalized spacial score (nSPS) is 14.4. The number of aliphatic hydroxyl groups excluding tert-OH is 1. The first-order valence-electron chi connectivity index (χ1n) is 3.84. The molecule has 1 rings (SSSR count). The van der Waals surface area contributed by atoms with Crippen molar-refractivity contribution in [2.24, 2.45) is 12.8 Å². The van der Waals surface area contributed by atoms with Crippen LogP contribution in [0.2, 0.25) is 0 Å². The van der Waals surface area contributed by atoms with E-state index in [2.05, 4.69) is 5.10 Å². The second-order valence-corrected chi connectivity index (χ2v) is 2.86. The van der Waals surface area contributed by atoms with Crippen LogP contribution in [0.25, 0.3) is 0 Å². The van der Waals surface area contributed by atoms with Gasteiger partial charge in [0.25, 0.3) is 0 Å². The SMILES string of the molecule is Cn1nc(C(F)(F)F)cc1[C@@H](N)CO. The largest absolute Gasteiger partial charge is 0.435 e. The van der Waals surface area contributed by atoms with Gasteiger partial charge in [-0.3, -0.25) is 4.68 Å². The van der Waals surface area contributed by atoms with Crippen LogP contribution in [0.15, 0.2) is 6.07 Å². The Hall–Kier alpha value is -1.08. The van der Waals surface area contributed by atoms with Crippen molar-refractivity contribution in [1.82, 2.24) is 9.78 Å². The molecule has 0 saturated carbocycles. The Labute approximate surface area is 78.1 Å². The number of alkyl halides is 3. The molecule has 80 valence electrons. The van der Waals surface area contributed by atoms with Crippen molar-refractivity contribution in [3.63, 3.8) is 0 Å². The number of aromatic nitrogens is 2. The molecule has 0 aromatic carbocycles. The van der Waals surface area contributed by atoms with E-state index in [4.69, 9.17) is 10.8 Å².